The van der Waals surface area contributed by atoms with Crippen molar-refractivity contribution in [2.24, 2.45) is 0 Å². The summed E-state index contributed by atoms with van der Waals surface area (Å²) in [6.45, 7) is 2.87. The van der Waals surface area contributed by atoms with Crippen molar-refractivity contribution in [2.45, 2.75) is 13.5 Å². The summed E-state index contributed by atoms with van der Waals surface area (Å²) in [4.78, 5) is 0. The van der Waals surface area contributed by atoms with Crippen molar-refractivity contribution >= 4 is 23.0 Å². The Morgan fingerprint density at radius 3 is 2.80 bits per heavy atom. The molecule has 0 radical (unpaired) electrons. The second-order valence-corrected chi connectivity index (χ2v) is 4.02. The fourth-order valence-corrected chi connectivity index (χ4v) is 2.05. The van der Waals surface area contributed by atoms with Crippen LogP contribution in [0.5, 0.6) is 0 Å². The van der Waals surface area contributed by atoms with Crippen LogP contribution in [0.4, 0.5) is 11.6 Å². The molecule has 2 aromatic heterocycles. The Hall–Kier alpha value is -1.62. The summed E-state index contributed by atoms with van der Waals surface area (Å²) in [6, 6.07) is 3.56. The normalized spacial score (nSPS) is 10.2. The van der Waals surface area contributed by atoms with Gasteiger partial charge in [-0.15, -0.1) is 10.2 Å². The molecular weight excluding hydrogens is 208 g/mol. The molecule has 0 saturated heterocycles. The number of aryl methyl sites for hydroxylation is 1. The number of rotatable bonds is 3. The molecule has 0 bridgehead atoms. The first-order valence-corrected chi connectivity index (χ1v) is 5.55. The lowest BCUT2D eigenvalue weighted by atomic mass is 10.2. The molecule has 0 fully saturated rings. The maximum Gasteiger partial charge on any atom is 0.149 e. The van der Waals surface area contributed by atoms with Gasteiger partial charge < -0.3 is 11.1 Å². The van der Waals surface area contributed by atoms with E-state index >= 15 is 0 Å². The Bertz CT molecular complexity index is 435. The molecular formula is C10H12N4S. The molecule has 3 N–H and O–H groups in total. The van der Waals surface area contributed by atoms with E-state index in [1.165, 1.54) is 11.1 Å². The molecule has 0 spiro atoms. The number of hydrogen-bond acceptors (Lipinski definition) is 5. The number of thiophene rings is 1. The minimum absolute atomic E-state index is 0.437. The second kappa shape index (κ2) is 4.27. The highest BCUT2D eigenvalue weighted by Gasteiger charge is 1.99. The molecule has 4 nitrogen and oxygen atoms in total. The van der Waals surface area contributed by atoms with Gasteiger partial charge in [-0.2, -0.15) is 11.3 Å². The van der Waals surface area contributed by atoms with Gasteiger partial charge in [-0.3, -0.25) is 0 Å². The largest absolute Gasteiger partial charge is 0.382 e. The van der Waals surface area contributed by atoms with E-state index < -0.39 is 0 Å². The van der Waals surface area contributed by atoms with Gasteiger partial charge in [-0.25, -0.2) is 0 Å². The van der Waals surface area contributed by atoms with E-state index in [1.54, 1.807) is 17.4 Å². The van der Waals surface area contributed by atoms with E-state index in [9.17, 15) is 0 Å². The van der Waals surface area contributed by atoms with Crippen LogP contribution in [-0.4, -0.2) is 10.2 Å². The second-order valence-electron chi connectivity index (χ2n) is 3.28. The summed E-state index contributed by atoms with van der Waals surface area (Å²) in [7, 11) is 0. The van der Waals surface area contributed by atoms with E-state index in [0.717, 1.165) is 12.4 Å². The number of nitrogens with zero attached hydrogens (tertiary/aromatic N) is 2. The summed E-state index contributed by atoms with van der Waals surface area (Å²) in [5.74, 6) is 1.18. The lowest BCUT2D eigenvalue weighted by molar-refractivity contribution is 1.01. The first-order valence-electron chi connectivity index (χ1n) is 4.60. The lowest BCUT2D eigenvalue weighted by Gasteiger charge is -2.04. The van der Waals surface area contributed by atoms with Crippen LogP contribution in [0.2, 0.25) is 0 Å². The predicted octanol–water partition coefficient (Wildman–Crippen LogP) is 2.04. The van der Waals surface area contributed by atoms with Crippen LogP contribution in [0, 0.1) is 6.92 Å². The SMILES string of the molecule is Cc1cscc1CNc1ccc(N)nn1. The van der Waals surface area contributed by atoms with E-state index in [4.69, 9.17) is 5.73 Å². The summed E-state index contributed by atoms with van der Waals surface area (Å²) in [6.07, 6.45) is 0. The molecule has 5 heteroatoms. The number of hydrogen-bond donors (Lipinski definition) is 2. The Morgan fingerprint density at radius 2 is 2.20 bits per heavy atom. The van der Waals surface area contributed by atoms with Gasteiger partial charge in [0.1, 0.15) is 11.6 Å². The highest BCUT2D eigenvalue weighted by Crippen LogP contribution is 2.15. The van der Waals surface area contributed by atoms with Crippen molar-refractivity contribution in [2.75, 3.05) is 11.1 Å². The van der Waals surface area contributed by atoms with Gasteiger partial charge in [0.25, 0.3) is 0 Å². The molecule has 2 aromatic rings. The van der Waals surface area contributed by atoms with Crippen molar-refractivity contribution in [3.05, 3.63) is 34.0 Å². The Morgan fingerprint density at radius 1 is 1.33 bits per heavy atom. The molecule has 0 aliphatic heterocycles. The number of nitrogens with one attached hydrogen (secondary N) is 1. The zero-order chi connectivity index (χ0) is 10.7. The van der Waals surface area contributed by atoms with Gasteiger partial charge in [0, 0.05) is 6.54 Å². The van der Waals surface area contributed by atoms with Crippen molar-refractivity contribution in [1.82, 2.24) is 10.2 Å². The van der Waals surface area contributed by atoms with Crippen LogP contribution in [0.1, 0.15) is 11.1 Å². The fraction of sp³-hybridized carbons (Fsp3) is 0.200. The van der Waals surface area contributed by atoms with Gasteiger partial charge in [-0.05, 0) is 40.9 Å². The van der Waals surface area contributed by atoms with Crippen LogP contribution >= 0.6 is 11.3 Å². The Labute approximate surface area is 92.2 Å². The molecule has 0 aliphatic rings. The monoisotopic (exact) mass is 220 g/mol. The minimum Gasteiger partial charge on any atom is -0.382 e. The van der Waals surface area contributed by atoms with Gasteiger partial charge in [0.2, 0.25) is 0 Å². The first-order chi connectivity index (χ1) is 7.25. The molecule has 0 aromatic carbocycles. The van der Waals surface area contributed by atoms with E-state index in [1.807, 2.05) is 6.07 Å². The third-order valence-corrected chi connectivity index (χ3v) is 3.02. The summed E-state index contributed by atoms with van der Waals surface area (Å²) in [5.41, 5.74) is 8.03. The lowest BCUT2D eigenvalue weighted by Crippen LogP contribution is -2.03. The van der Waals surface area contributed by atoms with E-state index in [0.29, 0.717) is 5.82 Å². The maximum atomic E-state index is 5.44. The molecule has 2 heterocycles. The zero-order valence-electron chi connectivity index (χ0n) is 8.40. The van der Waals surface area contributed by atoms with E-state index in [-0.39, 0.29) is 0 Å². The topological polar surface area (TPSA) is 63.8 Å². The third-order valence-electron chi connectivity index (χ3n) is 2.11. The summed E-state index contributed by atoms with van der Waals surface area (Å²) in [5, 5.41) is 15.1. The number of anilines is 2. The Balaban J connectivity index is 1.99. The van der Waals surface area contributed by atoms with Gasteiger partial charge in [0.05, 0.1) is 0 Å². The van der Waals surface area contributed by atoms with Crippen LogP contribution in [0.15, 0.2) is 22.9 Å². The standard InChI is InChI=1S/C10H12N4S/c1-7-5-15-6-8(7)4-12-10-3-2-9(11)13-14-10/h2-3,5-6H,4H2,1H3,(H2,11,13)(H,12,14). The van der Waals surface area contributed by atoms with Crippen molar-refractivity contribution < 1.29 is 0 Å². The van der Waals surface area contributed by atoms with E-state index in [2.05, 4.69) is 33.2 Å². The van der Waals surface area contributed by atoms with Crippen LogP contribution in [0.25, 0.3) is 0 Å². The highest BCUT2D eigenvalue weighted by molar-refractivity contribution is 7.08. The van der Waals surface area contributed by atoms with Gasteiger partial charge in [-0.1, -0.05) is 0 Å². The van der Waals surface area contributed by atoms with Crippen molar-refractivity contribution in [3.63, 3.8) is 0 Å². The van der Waals surface area contributed by atoms with Gasteiger partial charge in [0.15, 0.2) is 0 Å². The average molecular weight is 220 g/mol. The molecule has 2 rings (SSSR count). The maximum absolute atomic E-state index is 5.44. The smallest absolute Gasteiger partial charge is 0.149 e. The third kappa shape index (κ3) is 2.44. The fourth-order valence-electron chi connectivity index (χ4n) is 1.19. The number of aromatic nitrogens is 2. The van der Waals surface area contributed by atoms with Crippen molar-refractivity contribution in [3.8, 4) is 0 Å². The number of nitrogens with two attached hydrogens (primary N) is 1. The van der Waals surface area contributed by atoms with Crippen molar-refractivity contribution in [1.29, 1.82) is 0 Å². The molecule has 0 aliphatic carbocycles. The molecule has 0 unspecified atom stereocenters. The first kappa shape index (κ1) is 9.92. The van der Waals surface area contributed by atoms with Crippen LogP contribution < -0.4 is 11.1 Å². The quantitative estimate of drug-likeness (QED) is 0.830. The number of nitrogen functional groups attached to an aromatic ring is 1. The minimum atomic E-state index is 0.437. The Kier molecular flexibility index (Phi) is 2.82. The summed E-state index contributed by atoms with van der Waals surface area (Å²) >= 11 is 1.71. The van der Waals surface area contributed by atoms with Crippen LogP contribution in [-0.2, 0) is 6.54 Å². The molecule has 0 atom stereocenters. The van der Waals surface area contributed by atoms with Crippen LogP contribution in [0.3, 0.4) is 0 Å². The molecule has 0 amide bonds. The highest BCUT2D eigenvalue weighted by atomic mass is 32.1. The average Bonchev–Trinajstić information content (AvgIpc) is 2.63. The summed E-state index contributed by atoms with van der Waals surface area (Å²) < 4.78 is 0. The zero-order valence-corrected chi connectivity index (χ0v) is 9.21. The van der Waals surface area contributed by atoms with Gasteiger partial charge >= 0.3 is 0 Å². The molecule has 0 saturated carbocycles. The molecule has 15 heavy (non-hydrogen) atoms. The predicted molar refractivity (Wildman–Crippen MR) is 62.8 cm³/mol. The molecule has 78 valence electrons.